The van der Waals surface area contributed by atoms with E-state index in [1.165, 1.54) is 5.56 Å². The minimum Gasteiger partial charge on any atom is -0.390 e. The summed E-state index contributed by atoms with van der Waals surface area (Å²) in [4.78, 5) is 0. The lowest BCUT2D eigenvalue weighted by atomic mass is 9.79. The van der Waals surface area contributed by atoms with E-state index >= 15 is 0 Å². The second kappa shape index (κ2) is 5.30. The van der Waals surface area contributed by atoms with Crippen molar-refractivity contribution in [1.29, 1.82) is 0 Å². The molecule has 1 aromatic rings. The first-order chi connectivity index (χ1) is 7.72. The molecule has 2 nitrogen and oxygen atoms in total. The molecule has 2 N–H and O–H groups in total. The van der Waals surface area contributed by atoms with Crippen LogP contribution in [-0.4, -0.2) is 23.3 Å². The topological polar surface area (TPSA) is 32.3 Å². The van der Waals surface area contributed by atoms with Crippen molar-refractivity contribution >= 4 is 11.3 Å². The quantitative estimate of drug-likeness (QED) is 0.846. The highest BCUT2D eigenvalue weighted by Crippen LogP contribution is 2.31. The molecule has 0 saturated heterocycles. The van der Waals surface area contributed by atoms with Gasteiger partial charge in [0.2, 0.25) is 0 Å². The lowest BCUT2D eigenvalue weighted by Crippen LogP contribution is -2.42. The lowest BCUT2D eigenvalue weighted by Gasteiger charge is -2.36. The van der Waals surface area contributed by atoms with E-state index in [-0.39, 0.29) is 0 Å². The fourth-order valence-electron chi connectivity index (χ4n) is 2.60. The number of rotatable bonds is 4. The molecule has 2 rings (SSSR count). The van der Waals surface area contributed by atoms with Gasteiger partial charge in [0.1, 0.15) is 0 Å². The summed E-state index contributed by atoms with van der Waals surface area (Å²) in [5, 5.41) is 18.2. The van der Waals surface area contributed by atoms with Crippen molar-refractivity contribution in [3.63, 3.8) is 0 Å². The molecule has 0 amide bonds. The lowest BCUT2D eigenvalue weighted by molar-refractivity contribution is -0.00286. The van der Waals surface area contributed by atoms with Crippen LogP contribution in [0.15, 0.2) is 16.8 Å². The summed E-state index contributed by atoms with van der Waals surface area (Å²) in [6.45, 7) is 3.18. The van der Waals surface area contributed by atoms with Gasteiger partial charge in [-0.1, -0.05) is 6.92 Å². The van der Waals surface area contributed by atoms with Crippen molar-refractivity contribution in [2.45, 2.75) is 50.7 Å². The average molecular weight is 239 g/mol. The molecule has 0 aliphatic heterocycles. The number of hydrogen-bond donors (Lipinski definition) is 2. The molecular weight excluding hydrogens is 218 g/mol. The van der Waals surface area contributed by atoms with E-state index in [4.69, 9.17) is 0 Å². The molecule has 1 aliphatic carbocycles. The summed E-state index contributed by atoms with van der Waals surface area (Å²) < 4.78 is 0. The maximum Gasteiger partial charge on any atom is 0.0689 e. The Labute approximate surface area is 102 Å². The third-order valence-electron chi connectivity index (χ3n) is 3.52. The Morgan fingerprint density at radius 2 is 2.25 bits per heavy atom. The van der Waals surface area contributed by atoms with Crippen molar-refractivity contribution in [2.75, 3.05) is 6.54 Å². The first kappa shape index (κ1) is 12.1. The second-order valence-corrected chi connectivity index (χ2v) is 5.64. The van der Waals surface area contributed by atoms with Gasteiger partial charge < -0.3 is 10.4 Å². The summed E-state index contributed by atoms with van der Waals surface area (Å²) in [6, 6.07) is 2.74. The number of aliphatic hydroxyl groups is 1. The number of thiophene rings is 1. The highest BCUT2D eigenvalue weighted by Gasteiger charge is 2.32. The zero-order valence-electron chi connectivity index (χ0n) is 9.91. The Morgan fingerprint density at radius 1 is 1.50 bits per heavy atom. The van der Waals surface area contributed by atoms with E-state index in [1.807, 2.05) is 0 Å². The van der Waals surface area contributed by atoms with Gasteiger partial charge in [-0.3, -0.25) is 0 Å². The zero-order chi connectivity index (χ0) is 11.4. The van der Waals surface area contributed by atoms with E-state index in [2.05, 4.69) is 29.1 Å². The summed E-state index contributed by atoms with van der Waals surface area (Å²) in [5.74, 6) is 0. The van der Waals surface area contributed by atoms with Crippen LogP contribution in [0.3, 0.4) is 0 Å². The number of hydrogen-bond acceptors (Lipinski definition) is 3. The fourth-order valence-corrected chi connectivity index (χ4v) is 3.27. The van der Waals surface area contributed by atoms with Gasteiger partial charge in [0, 0.05) is 12.5 Å². The van der Waals surface area contributed by atoms with Crippen LogP contribution in [0.2, 0.25) is 0 Å². The molecule has 0 radical (unpaired) electrons. The van der Waals surface area contributed by atoms with Crippen LogP contribution in [0.5, 0.6) is 0 Å². The van der Waals surface area contributed by atoms with Crippen LogP contribution >= 0.6 is 11.3 Å². The molecule has 1 saturated carbocycles. The van der Waals surface area contributed by atoms with Gasteiger partial charge >= 0.3 is 0 Å². The van der Waals surface area contributed by atoms with Crippen LogP contribution < -0.4 is 5.32 Å². The monoisotopic (exact) mass is 239 g/mol. The second-order valence-electron chi connectivity index (χ2n) is 4.86. The van der Waals surface area contributed by atoms with E-state index in [9.17, 15) is 5.11 Å². The smallest absolute Gasteiger partial charge is 0.0689 e. The summed E-state index contributed by atoms with van der Waals surface area (Å²) >= 11 is 1.71. The third kappa shape index (κ3) is 3.06. The van der Waals surface area contributed by atoms with Crippen LogP contribution in [0.25, 0.3) is 0 Å². The SMILES string of the molecule is CCNC1CCC(O)(Cc2ccsc2)CC1. The number of nitrogens with one attached hydrogen (secondary N) is 1. The van der Waals surface area contributed by atoms with Gasteiger partial charge in [-0.2, -0.15) is 11.3 Å². The molecule has 1 fully saturated rings. The van der Waals surface area contributed by atoms with Gasteiger partial charge in [0.25, 0.3) is 0 Å². The molecule has 1 aromatic heterocycles. The average Bonchev–Trinajstić information content (AvgIpc) is 2.74. The van der Waals surface area contributed by atoms with Crippen molar-refractivity contribution in [3.8, 4) is 0 Å². The van der Waals surface area contributed by atoms with Crippen LogP contribution in [0.4, 0.5) is 0 Å². The Kier molecular flexibility index (Phi) is 4.00. The largest absolute Gasteiger partial charge is 0.390 e. The molecule has 0 atom stereocenters. The van der Waals surface area contributed by atoms with Crippen LogP contribution in [0.1, 0.15) is 38.2 Å². The van der Waals surface area contributed by atoms with E-state index in [0.717, 1.165) is 38.6 Å². The minimum atomic E-state index is -0.451. The standard InChI is InChI=1S/C13H21NOS/c1-2-14-12-3-6-13(15,7-4-12)9-11-5-8-16-10-11/h5,8,10,12,14-15H,2-4,6-7,9H2,1H3. The van der Waals surface area contributed by atoms with E-state index in [1.54, 1.807) is 11.3 Å². The van der Waals surface area contributed by atoms with Gasteiger partial charge in [0.15, 0.2) is 0 Å². The predicted octanol–water partition coefficient (Wildman–Crippen LogP) is 2.57. The van der Waals surface area contributed by atoms with Crippen molar-refractivity contribution in [3.05, 3.63) is 22.4 Å². The van der Waals surface area contributed by atoms with Crippen LogP contribution in [0, 0.1) is 0 Å². The Hall–Kier alpha value is -0.380. The fraction of sp³-hybridized carbons (Fsp3) is 0.692. The molecule has 0 aromatic carbocycles. The predicted molar refractivity (Wildman–Crippen MR) is 68.9 cm³/mol. The molecular formula is C13H21NOS. The van der Waals surface area contributed by atoms with Crippen molar-refractivity contribution < 1.29 is 5.11 Å². The maximum atomic E-state index is 10.5. The molecule has 1 heterocycles. The third-order valence-corrected chi connectivity index (χ3v) is 4.25. The van der Waals surface area contributed by atoms with Gasteiger partial charge in [-0.05, 0) is 54.6 Å². The first-order valence-electron chi connectivity index (χ1n) is 6.19. The van der Waals surface area contributed by atoms with Crippen molar-refractivity contribution in [2.24, 2.45) is 0 Å². The molecule has 1 aliphatic rings. The normalized spacial score (nSPS) is 30.5. The summed E-state index contributed by atoms with van der Waals surface area (Å²) in [7, 11) is 0. The molecule has 16 heavy (non-hydrogen) atoms. The highest BCUT2D eigenvalue weighted by atomic mass is 32.1. The zero-order valence-corrected chi connectivity index (χ0v) is 10.7. The van der Waals surface area contributed by atoms with Gasteiger partial charge in [-0.15, -0.1) is 0 Å². The van der Waals surface area contributed by atoms with E-state index < -0.39 is 5.60 Å². The Bertz CT molecular complexity index is 302. The maximum absolute atomic E-state index is 10.5. The molecule has 0 unspecified atom stereocenters. The highest BCUT2D eigenvalue weighted by molar-refractivity contribution is 7.07. The van der Waals surface area contributed by atoms with Gasteiger partial charge in [0.05, 0.1) is 5.60 Å². The Morgan fingerprint density at radius 3 is 2.81 bits per heavy atom. The summed E-state index contributed by atoms with van der Waals surface area (Å²) in [6.07, 6.45) is 4.90. The van der Waals surface area contributed by atoms with Crippen molar-refractivity contribution in [1.82, 2.24) is 5.32 Å². The molecule has 0 spiro atoms. The molecule has 3 heteroatoms. The van der Waals surface area contributed by atoms with Crippen LogP contribution in [-0.2, 0) is 6.42 Å². The molecule has 90 valence electrons. The minimum absolute atomic E-state index is 0.451. The van der Waals surface area contributed by atoms with Gasteiger partial charge in [-0.25, -0.2) is 0 Å². The first-order valence-corrected chi connectivity index (χ1v) is 7.13. The Balaban J connectivity index is 1.86. The molecule has 0 bridgehead atoms. The summed E-state index contributed by atoms with van der Waals surface area (Å²) in [5.41, 5.74) is 0.835. The van der Waals surface area contributed by atoms with E-state index in [0.29, 0.717) is 6.04 Å².